The summed E-state index contributed by atoms with van der Waals surface area (Å²) in [6.07, 6.45) is 12.0. The highest BCUT2D eigenvalue weighted by Crippen LogP contribution is 1.92. The van der Waals surface area contributed by atoms with Gasteiger partial charge in [0.1, 0.15) is 0 Å². The first-order chi connectivity index (χ1) is 6.24. The van der Waals surface area contributed by atoms with Crippen LogP contribution in [0.25, 0.3) is 0 Å². The highest BCUT2D eigenvalue weighted by Gasteiger charge is 1.97. The zero-order chi connectivity index (χ0) is 10.1. The maximum atomic E-state index is 11.0. The van der Waals surface area contributed by atoms with E-state index < -0.39 is 0 Å². The Morgan fingerprint density at radius 2 is 2.38 bits per heavy atom. The lowest BCUT2D eigenvalue weighted by Gasteiger charge is -2.01. The van der Waals surface area contributed by atoms with Gasteiger partial charge in [-0.2, -0.15) is 0 Å². The van der Waals surface area contributed by atoms with Crippen molar-refractivity contribution in [2.75, 3.05) is 0 Å². The largest absolute Gasteiger partial charge is 0.326 e. The van der Waals surface area contributed by atoms with E-state index in [2.05, 4.69) is 17.8 Å². The van der Waals surface area contributed by atoms with Crippen molar-refractivity contribution in [3.63, 3.8) is 0 Å². The van der Waals surface area contributed by atoms with E-state index in [9.17, 15) is 4.79 Å². The lowest BCUT2D eigenvalue weighted by molar-refractivity contribution is -0.119. The Morgan fingerprint density at radius 1 is 1.69 bits per heavy atom. The molecule has 0 fully saturated rings. The molecule has 13 heavy (non-hydrogen) atoms. The molecule has 0 spiro atoms. The molecule has 0 unspecified atom stereocenters. The molecule has 0 heterocycles. The van der Waals surface area contributed by atoms with Crippen molar-refractivity contribution in [1.29, 1.82) is 0 Å². The predicted molar refractivity (Wildman–Crippen MR) is 54.7 cm³/mol. The molecule has 1 N–H and O–H groups in total. The summed E-state index contributed by atoms with van der Waals surface area (Å²) in [6, 6.07) is 0. The normalized spacial score (nSPS) is 10.9. The number of terminal acetylenes is 1. The monoisotopic (exact) mass is 175 g/mol. The average molecular weight is 175 g/mol. The minimum absolute atomic E-state index is 0.0965. The molecule has 0 radical (unpaired) electrons. The Kier molecular flexibility index (Phi) is 6.00. The maximum absolute atomic E-state index is 11.0. The Morgan fingerprint density at radius 3 is 2.85 bits per heavy atom. The van der Waals surface area contributed by atoms with Crippen LogP contribution < -0.4 is 5.32 Å². The van der Waals surface area contributed by atoms with Gasteiger partial charge in [0, 0.05) is 5.70 Å². The zero-order valence-corrected chi connectivity index (χ0v) is 7.71. The van der Waals surface area contributed by atoms with Gasteiger partial charge in [0.05, 0.1) is 6.42 Å². The van der Waals surface area contributed by atoms with Gasteiger partial charge in [-0.3, -0.25) is 4.79 Å². The third-order valence-corrected chi connectivity index (χ3v) is 1.27. The quantitative estimate of drug-likeness (QED) is 0.512. The first-order valence-corrected chi connectivity index (χ1v) is 3.93. The summed E-state index contributed by atoms with van der Waals surface area (Å²) in [4.78, 5) is 11.0. The van der Waals surface area contributed by atoms with Crippen LogP contribution in [0.5, 0.6) is 0 Å². The standard InChI is InChI=1S/C11H13NO/c1-4-7-9-10(6-3)12-11(13)8-5-2/h2,4,6-7,9H,1,8H2,3H3,(H,12,13)/b9-7-,10-6+. The van der Waals surface area contributed by atoms with Crippen LogP contribution >= 0.6 is 0 Å². The van der Waals surface area contributed by atoms with E-state index >= 15 is 0 Å². The Bertz CT molecular complexity index is 279. The third kappa shape index (κ3) is 5.51. The number of rotatable bonds is 4. The van der Waals surface area contributed by atoms with Gasteiger partial charge in [0.2, 0.25) is 5.91 Å². The van der Waals surface area contributed by atoms with Crippen LogP contribution in [0.4, 0.5) is 0 Å². The SMILES string of the molecule is C#CCC(=O)NC(/C=C\C=C)=C/C. The van der Waals surface area contributed by atoms with E-state index in [1.54, 1.807) is 24.3 Å². The zero-order valence-electron chi connectivity index (χ0n) is 7.71. The van der Waals surface area contributed by atoms with Gasteiger partial charge in [-0.05, 0) is 13.0 Å². The third-order valence-electron chi connectivity index (χ3n) is 1.27. The molecule has 0 aliphatic heterocycles. The van der Waals surface area contributed by atoms with Gasteiger partial charge in [0.25, 0.3) is 0 Å². The summed E-state index contributed by atoms with van der Waals surface area (Å²) in [5, 5.41) is 2.65. The number of amides is 1. The van der Waals surface area contributed by atoms with Crippen LogP contribution in [0.15, 0.2) is 36.6 Å². The summed E-state index contributed by atoms with van der Waals surface area (Å²) in [7, 11) is 0. The Hall–Kier alpha value is -1.75. The molecule has 2 nitrogen and oxygen atoms in total. The van der Waals surface area contributed by atoms with Gasteiger partial charge in [-0.15, -0.1) is 6.42 Å². The van der Waals surface area contributed by atoms with Crippen LogP contribution in [0, 0.1) is 12.3 Å². The molecule has 0 saturated carbocycles. The molecule has 0 saturated heterocycles. The number of carbonyl (C=O) groups is 1. The van der Waals surface area contributed by atoms with E-state index in [4.69, 9.17) is 6.42 Å². The van der Waals surface area contributed by atoms with Crippen molar-refractivity contribution in [3.05, 3.63) is 36.6 Å². The van der Waals surface area contributed by atoms with Crippen LogP contribution in [0.2, 0.25) is 0 Å². The van der Waals surface area contributed by atoms with Crippen molar-refractivity contribution in [3.8, 4) is 12.3 Å². The van der Waals surface area contributed by atoms with Crippen molar-refractivity contribution in [1.82, 2.24) is 5.32 Å². The van der Waals surface area contributed by atoms with Crippen molar-refractivity contribution < 1.29 is 4.79 Å². The van der Waals surface area contributed by atoms with Gasteiger partial charge >= 0.3 is 0 Å². The lowest BCUT2D eigenvalue weighted by atomic mass is 10.3. The fraction of sp³-hybridized carbons (Fsp3) is 0.182. The average Bonchev–Trinajstić information content (AvgIpc) is 2.12. The second-order valence-corrected chi connectivity index (χ2v) is 2.27. The molecule has 0 rings (SSSR count). The minimum Gasteiger partial charge on any atom is -0.326 e. The highest BCUT2D eigenvalue weighted by molar-refractivity contribution is 5.80. The van der Waals surface area contributed by atoms with Gasteiger partial charge < -0.3 is 5.32 Å². The molecule has 1 amide bonds. The molecular weight excluding hydrogens is 162 g/mol. The molecule has 2 heteroatoms. The maximum Gasteiger partial charge on any atom is 0.236 e. The van der Waals surface area contributed by atoms with Crippen LogP contribution in [0.3, 0.4) is 0 Å². The molecule has 68 valence electrons. The molecule has 0 aliphatic carbocycles. The summed E-state index contributed by atoms with van der Waals surface area (Å²) < 4.78 is 0. The number of allylic oxidation sites excluding steroid dienone is 4. The molecule has 0 bridgehead atoms. The van der Waals surface area contributed by atoms with Crippen LogP contribution in [-0.4, -0.2) is 5.91 Å². The second kappa shape index (κ2) is 6.93. The second-order valence-electron chi connectivity index (χ2n) is 2.27. The topological polar surface area (TPSA) is 29.1 Å². The van der Waals surface area contributed by atoms with E-state index in [0.717, 1.165) is 5.70 Å². The lowest BCUT2D eigenvalue weighted by Crippen LogP contribution is -2.20. The van der Waals surface area contributed by atoms with E-state index in [-0.39, 0.29) is 12.3 Å². The summed E-state index contributed by atoms with van der Waals surface area (Å²) >= 11 is 0. The fourth-order valence-corrected chi connectivity index (χ4v) is 0.680. The Labute approximate surface area is 79.0 Å². The van der Waals surface area contributed by atoms with Crippen molar-refractivity contribution >= 4 is 5.91 Å². The minimum atomic E-state index is -0.177. The van der Waals surface area contributed by atoms with Gasteiger partial charge in [0.15, 0.2) is 0 Å². The van der Waals surface area contributed by atoms with E-state index in [0.29, 0.717) is 0 Å². The van der Waals surface area contributed by atoms with E-state index in [1.165, 1.54) is 0 Å². The molecule has 0 aliphatic rings. The first kappa shape index (κ1) is 11.2. The van der Waals surface area contributed by atoms with Crippen molar-refractivity contribution in [2.45, 2.75) is 13.3 Å². The molecule has 0 aromatic carbocycles. The smallest absolute Gasteiger partial charge is 0.236 e. The molecule has 0 atom stereocenters. The van der Waals surface area contributed by atoms with Gasteiger partial charge in [-0.1, -0.05) is 30.7 Å². The Balaban J connectivity index is 4.16. The molecule has 0 aromatic heterocycles. The van der Waals surface area contributed by atoms with Crippen molar-refractivity contribution in [2.24, 2.45) is 0 Å². The number of nitrogens with one attached hydrogen (secondary N) is 1. The number of carbonyl (C=O) groups excluding carboxylic acids is 1. The summed E-state index contributed by atoms with van der Waals surface area (Å²) in [5.41, 5.74) is 0.722. The predicted octanol–water partition coefficient (Wildman–Crippen LogP) is 1.77. The van der Waals surface area contributed by atoms with E-state index in [1.807, 2.05) is 6.92 Å². The van der Waals surface area contributed by atoms with Gasteiger partial charge in [-0.25, -0.2) is 0 Å². The van der Waals surface area contributed by atoms with Crippen LogP contribution in [0.1, 0.15) is 13.3 Å². The van der Waals surface area contributed by atoms with Crippen LogP contribution in [-0.2, 0) is 4.79 Å². The molecular formula is C11H13NO. The summed E-state index contributed by atoms with van der Waals surface area (Å²) in [6.45, 7) is 5.36. The first-order valence-electron chi connectivity index (χ1n) is 3.93. The number of hydrogen-bond acceptors (Lipinski definition) is 1. The number of hydrogen-bond donors (Lipinski definition) is 1. The molecule has 0 aromatic rings. The summed E-state index contributed by atoms with van der Waals surface area (Å²) in [5.74, 6) is 2.09. The highest BCUT2D eigenvalue weighted by atomic mass is 16.1. The fourth-order valence-electron chi connectivity index (χ4n) is 0.680.